The quantitative estimate of drug-likeness (QED) is 0.307. The second-order valence-corrected chi connectivity index (χ2v) is 9.24. The molecule has 3 heterocycles. The van der Waals surface area contributed by atoms with Crippen molar-refractivity contribution in [2.45, 2.75) is 59.6 Å². The Morgan fingerprint density at radius 2 is 1.88 bits per heavy atom. The fourth-order valence-electron chi connectivity index (χ4n) is 3.80. The summed E-state index contributed by atoms with van der Waals surface area (Å²) < 4.78 is 6.80. The number of nitrogens with zero attached hydrogens (tertiary/aromatic N) is 3. The molecule has 1 aromatic carbocycles. The Labute approximate surface area is 194 Å². The number of hydrogen-bond acceptors (Lipinski definition) is 7. The van der Waals surface area contributed by atoms with Crippen LogP contribution in [-0.2, 0) is 17.9 Å². The van der Waals surface area contributed by atoms with Crippen LogP contribution in [0.2, 0.25) is 0 Å². The third-order valence-corrected chi connectivity index (χ3v) is 6.81. The number of nitrogens with one attached hydrogen (secondary N) is 1. The Hall–Kier alpha value is -3.33. The average molecular weight is 467 g/mol. The number of aromatic amines is 1. The predicted octanol–water partition coefficient (Wildman–Crippen LogP) is 4.25. The van der Waals surface area contributed by atoms with Gasteiger partial charge < -0.3 is 9.72 Å². The summed E-state index contributed by atoms with van der Waals surface area (Å²) in [5.41, 5.74) is 0.506. The number of hydrogen-bond donors (Lipinski definition) is 1. The summed E-state index contributed by atoms with van der Waals surface area (Å²) >= 11 is 1.43. The number of aryl methyl sites for hydroxylation is 3. The molecule has 0 spiro atoms. The van der Waals surface area contributed by atoms with Crippen LogP contribution in [0.25, 0.3) is 21.0 Å². The maximum Gasteiger partial charge on any atom is 0.359 e. The van der Waals surface area contributed by atoms with Gasteiger partial charge in [0.05, 0.1) is 10.8 Å². The molecule has 0 bridgehead atoms. The molecule has 0 aliphatic heterocycles. The first-order valence-corrected chi connectivity index (χ1v) is 11.9. The average Bonchev–Trinajstić information content (AvgIpc) is 3.10. The first kappa shape index (κ1) is 22.8. The van der Waals surface area contributed by atoms with Gasteiger partial charge in [-0.3, -0.25) is 9.59 Å². The number of benzene rings is 1. The lowest BCUT2D eigenvalue weighted by molar-refractivity contribution is 0.0455. The van der Waals surface area contributed by atoms with Crippen molar-refractivity contribution in [1.29, 1.82) is 0 Å². The lowest BCUT2D eigenvalue weighted by Gasteiger charge is -2.11. The molecule has 0 radical (unpaired) electrons. The molecule has 0 saturated heterocycles. The highest BCUT2D eigenvalue weighted by Crippen LogP contribution is 2.25. The Morgan fingerprint density at radius 1 is 1.12 bits per heavy atom. The van der Waals surface area contributed by atoms with Gasteiger partial charge in [-0.1, -0.05) is 44.4 Å². The summed E-state index contributed by atoms with van der Waals surface area (Å²) in [4.78, 5) is 47.0. The van der Waals surface area contributed by atoms with E-state index in [-0.39, 0.29) is 29.2 Å². The Balaban J connectivity index is 1.61. The summed E-state index contributed by atoms with van der Waals surface area (Å²) in [5, 5.41) is 5.76. The number of aromatic nitrogens is 4. The van der Waals surface area contributed by atoms with Gasteiger partial charge in [0.2, 0.25) is 0 Å². The first-order chi connectivity index (χ1) is 15.9. The van der Waals surface area contributed by atoms with Crippen LogP contribution in [0.3, 0.4) is 0 Å². The minimum absolute atomic E-state index is 0.0759. The van der Waals surface area contributed by atoms with E-state index in [1.165, 1.54) is 16.0 Å². The minimum atomic E-state index is -0.671. The van der Waals surface area contributed by atoms with E-state index in [2.05, 4.69) is 22.0 Å². The number of ether oxygens (including phenoxy) is 1. The van der Waals surface area contributed by atoms with Crippen LogP contribution in [0, 0.1) is 13.8 Å². The highest BCUT2D eigenvalue weighted by molar-refractivity contribution is 7.18. The fraction of sp³-hybridized carbons (Fsp3) is 0.375. The minimum Gasteiger partial charge on any atom is -0.453 e. The summed E-state index contributed by atoms with van der Waals surface area (Å²) in [7, 11) is 0. The Bertz CT molecular complexity index is 1450. The van der Waals surface area contributed by atoms with E-state index >= 15 is 0 Å². The third-order valence-electron chi connectivity index (χ3n) is 5.71. The van der Waals surface area contributed by atoms with Crippen molar-refractivity contribution in [3.05, 3.63) is 66.9 Å². The molecule has 0 aliphatic carbocycles. The molecule has 0 amide bonds. The number of esters is 1. The molecule has 33 heavy (non-hydrogen) atoms. The lowest BCUT2D eigenvalue weighted by atomic mass is 10.1. The maximum absolute atomic E-state index is 13.0. The zero-order valence-electron chi connectivity index (χ0n) is 18.9. The Kier molecular flexibility index (Phi) is 6.69. The highest BCUT2D eigenvalue weighted by Gasteiger charge is 2.19. The molecular formula is C24H26N4O4S. The first-order valence-electron chi connectivity index (χ1n) is 11.1. The van der Waals surface area contributed by atoms with E-state index in [4.69, 9.17) is 4.74 Å². The molecule has 0 aliphatic rings. The predicted molar refractivity (Wildman–Crippen MR) is 129 cm³/mol. The van der Waals surface area contributed by atoms with Gasteiger partial charge in [0, 0.05) is 16.8 Å². The van der Waals surface area contributed by atoms with Gasteiger partial charge in [-0.2, -0.15) is 5.10 Å². The fourth-order valence-corrected chi connectivity index (χ4v) is 4.84. The molecule has 172 valence electrons. The number of H-pyrrole nitrogens is 1. The van der Waals surface area contributed by atoms with E-state index in [0.29, 0.717) is 27.5 Å². The van der Waals surface area contributed by atoms with Crippen molar-refractivity contribution in [2.24, 2.45) is 0 Å². The van der Waals surface area contributed by atoms with E-state index in [9.17, 15) is 14.4 Å². The van der Waals surface area contributed by atoms with Crippen molar-refractivity contribution in [3.63, 3.8) is 0 Å². The van der Waals surface area contributed by atoms with Crippen molar-refractivity contribution in [2.75, 3.05) is 0 Å². The largest absolute Gasteiger partial charge is 0.453 e. The SMILES string of the molecule is CCCCCCn1nc(C(=O)OCc2nc3sc(C)c(C)c3c(=O)[nH]2)c2ccccc2c1=O. The van der Waals surface area contributed by atoms with Crippen molar-refractivity contribution >= 4 is 38.3 Å². The molecule has 9 heteroatoms. The molecule has 4 aromatic rings. The van der Waals surface area contributed by atoms with E-state index in [1.54, 1.807) is 24.3 Å². The summed E-state index contributed by atoms with van der Waals surface area (Å²) in [6, 6.07) is 6.88. The van der Waals surface area contributed by atoms with Crippen molar-refractivity contribution in [1.82, 2.24) is 19.7 Å². The standard InChI is InChI=1S/C24H26N4O4S/c1-4-5-6-9-12-28-23(30)17-11-8-7-10-16(17)20(27-28)24(31)32-13-18-25-21(29)19-14(2)15(3)33-22(19)26-18/h7-8,10-11H,4-6,9,12-13H2,1-3H3,(H,25,26,29). The highest BCUT2D eigenvalue weighted by atomic mass is 32.1. The van der Waals surface area contributed by atoms with Gasteiger partial charge in [-0.25, -0.2) is 14.5 Å². The zero-order chi connectivity index (χ0) is 23.5. The van der Waals surface area contributed by atoms with Crippen LogP contribution in [0.5, 0.6) is 0 Å². The number of unbranched alkanes of at least 4 members (excludes halogenated alkanes) is 3. The normalized spacial score (nSPS) is 11.4. The topological polar surface area (TPSA) is 107 Å². The van der Waals surface area contributed by atoms with Crippen molar-refractivity contribution in [3.8, 4) is 0 Å². The van der Waals surface area contributed by atoms with Crippen LogP contribution in [0.1, 0.15) is 59.4 Å². The molecule has 8 nitrogen and oxygen atoms in total. The van der Waals surface area contributed by atoms with Gasteiger partial charge in [-0.15, -0.1) is 11.3 Å². The van der Waals surface area contributed by atoms with E-state index in [0.717, 1.165) is 36.1 Å². The van der Waals surface area contributed by atoms with Crippen LogP contribution in [0.15, 0.2) is 33.9 Å². The second-order valence-electron chi connectivity index (χ2n) is 8.04. The van der Waals surface area contributed by atoms with E-state index < -0.39 is 5.97 Å². The van der Waals surface area contributed by atoms with Crippen LogP contribution < -0.4 is 11.1 Å². The van der Waals surface area contributed by atoms with Gasteiger partial charge >= 0.3 is 5.97 Å². The molecule has 0 atom stereocenters. The summed E-state index contributed by atoms with van der Waals surface area (Å²) in [5.74, 6) is -0.408. The third kappa shape index (κ3) is 4.59. The Morgan fingerprint density at radius 3 is 2.64 bits per heavy atom. The molecular weight excluding hydrogens is 440 g/mol. The van der Waals surface area contributed by atoms with Crippen molar-refractivity contribution < 1.29 is 9.53 Å². The zero-order valence-corrected chi connectivity index (χ0v) is 19.8. The van der Waals surface area contributed by atoms with Gasteiger partial charge in [0.25, 0.3) is 11.1 Å². The van der Waals surface area contributed by atoms with E-state index in [1.807, 2.05) is 13.8 Å². The van der Waals surface area contributed by atoms with Gasteiger partial charge in [0.15, 0.2) is 5.69 Å². The smallest absolute Gasteiger partial charge is 0.359 e. The monoisotopic (exact) mass is 466 g/mol. The molecule has 1 N–H and O–H groups in total. The van der Waals surface area contributed by atoms with Crippen LogP contribution in [0.4, 0.5) is 0 Å². The number of fused-ring (bicyclic) bond motifs is 2. The van der Waals surface area contributed by atoms with Crippen LogP contribution in [-0.4, -0.2) is 25.7 Å². The molecule has 0 unspecified atom stereocenters. The van der Waals surface area contributed by atoms with Crippen LogP contribution >= 0.6 is 11.3 Å². The molecule has 4 rings (SSSR count). The number of carbonyl (C=O) groups excluding carboxylic acids is 1. The van der Waals surface area contributed by atoms with Gasteiger partial charge in [0.1, 0.15) is 17.3 Å². The van der Waals surface area contributed by atoms with Gasteiger partial charge in [-0.05, 0) is 31.9 Å². The summed E-state index contributed by atoms with van der Waals surface area (Å²) in [6.07, 6.45) is 3.96. The molecule has 0 saturated carbocycles. The molecule has 3 aromatic heterocycles. The maximum atomic E-state index is 13.0. The number of thiophene rings is 1. The lowest BCUT2D eigenvalue weighted by Crippen LogP contribution is -2.26. The second kappa shape index (κ2) is 9.66. The summed E-state index contributed by atoms with van der Waals surface area (Å²) in [6.45, 7) is 6.18. The molecule has 0 fully saturated rings. The number of carbonyl (C=O) groups is 1. The number of rotatable bonds is 8.